The van der Waals surface area contributed by atoms with E-state index in [1.807, 2.05) is 0 Å². The largest absolute Gasteiger partial charge is 0.462 e. The van der Waals surface area contributed by atoms with Crippen molar-refractivity contribution in [3.05, 3.63) is 51.9 Å². The van der Waals surface area contributed by atoms with Gasteiger partial charge in [0.25, 0.3) is 11.8 Å². The molecular weight excluding hydrogens is 420 g/mol. The first-order chi connectivity index (χ1) is 14.9. The molecular formula is C22H24N2O6S. The summed E-state index contributed by atoms with van der Waals surface area (Å²) in [6.07, 6.45) is 2.59. The molecule has 1 aromatic heterocycles. The number of ether oxygens (including phenoxy) is 2. The highest BCUT2D eigenvalue weighted by Gasteiger charge is 2.28. The van der Waals surface area contributed by atoms with Gasteiger partial charge in [-0.05, 0) is 50.8 Å². The predicted molar refractivity (Wildman–Crippen MR) is 115 cm³/mol. The third-order valence-electron chi connectivity index (χ3n) is 4.74. The van der Waals surface area contributed by atoms with Crippen LogP contribution < -0.4 is 10.6 Å². The van der Waals surface area contributed by atoms with Crippen LogP contribution in [0.3, 0.4) is 0 Å². The van der Waals surface area contributed by atoms with Crippen LogP contribution in [0.2, 0.25) is 0 Å². The highest BCUT2D eigenvalue weighted by molar-refractivity contribution is 7.17. The van der Waals surface area contributed by atoms with E-state index < -0.39 is 36.4 Å². The fourth-order valence-electron chi connectivity index (χ4n) is 3.26. The Hall–Kier alpha value is -3.20. The number of rotatable bonds is 8. The number of anilines is 1. The molecule has 1 heterocycles. The van der Waals surface area contributed by atoms with E-state index in [0.717, 1.165) is 29.7 Å². The summed E-state index contributed by atoms with van der Waals surface area (Å²) < 4.78 is 10.2. The summed E-state index contributed by atoms with van der Waals surface area (Å²) in [5, 5.41) is 5.60. The molecule has 0 saturated heterocycles. The molecule has 3 rings (SSSR count). The lowest BCUT2D eigenvalue weighted by Crippen LogP contribution is -2.40. The van der Waals surface area contributed by atoms with Crippen molar-refractivity contribution >= 4 is 40.1 Å². The van der Waals surface area contributed by atoms with Gasteiger partial charge in [-0.2, -0.15) is 0 Å². The van der Waals surface area contributed by atoms with Crippen molar-refractivity contribution in [2.75, 3.05) is 18.5 Å². The first kappa shape index (κ1) is 22.5. The van der Waals surface area contributed by atoms with Gasteiger partial charge >= 0.3 is 11.9 Å². The van der Waals surface area contributed by atoms with Gasteiger partial charge < -0.3 is 20.1 Å². The molecule has 164 valence electrons. The van der Waals surface area contributed by atoms with Crippen molar-refractivity contribution < 1.29 is 28.7 Å². The van der Waals surface area contributed by atoms with E-state index in [-0.39, 0.29) is 6.61 Å². The van der Waals surface area contributed by atoms with E-state index in [1.54, 1.807) is 37.3 Å². The number of fused-ring (bicyclic) bond motifs is 1. The smallest absolute Gasteiger partial charge is 0.341 e. The molecule has 0 saturated carbocycles. The van der Waals surface area contributed by atoms with Crippen LogP contribution in [0.4, 0.5) is 5.00 Å². The molecule has 9 heteroatoms. The van der Waals surface area contributed by atoms with Gasteiger partial charge in [-0.1, -0.05) is 18.2 Å². The van der Waals surface area contributed by atoms with Crippen LogP contribution in [-0.2, 0) is 31.9 Å². The Balaban J connectivity index is 1.55. The number of aryl methyl sites for hydroxylation is 1. The Morgan fingerprint density at radius 3 is 2.55 bits per heavy atom. The third kappa shape index (κ3) is 5.49. The molecule has 0 radical (unpaired) electrons. The number of carbonyl (C=O) groups is 4. The van der Waals surface area contributed by atoms with E-state index in [4.69, 9.17) is 9.47 Å². The second kappa shape index (κ2) is 10.2. The number of hydrogen-bond acceptors (Lipinski definition) is 7. The number of nitrogens with one attached hydrogen (secondary N) is 2. The van der Waals surface area contributed by atoms with Crippen LogP contribution in [0, 0.1) is 0 Å². The van der Waals surface area contributed by atoms with Crippen molar-refractivity contribution in [3.8, 4) is 0 Å². The summed E-state index contributed by atoms with van der Waals surface area (Å²) in [6.45, 7) is 2.90. The SMILES string of the molecule is CCOC(=O)c1c(NC(=O)COC(=O)[C@H](C)NC(=O)c2ccccc2)sc2c1CCC2. The van der Waals surface area contributed by atoms with Crippen LogP contribution in [-0.4, -0.2) is 43.0 Å². The van der Waals surface area contributed by atoms with Crippen molar-refractivity contribution in [1.82, 2.24) is 5.32 Å². The number of carbonyl (C=O) groups excluding carboxylic acids is 4. The topological polar surface area (TPSA) is 111 Å². The van der Waals surface area contributed by atoms with Gasteiger partial charge in [-0.15, -0.1) is 11.3 Å². The van der Waals surface area contributed by atoms with Crippen LogP contribution in [0.1, 0.15) is 51.4 Å². The van der Waals surface area contributed by atoms with E-state index in [0.29, 0.717) is 16.1 Å². The molecule has 0 fully saturated rings. The lowest BCUT2D eigenvalue weighted by Gasteiger charge is -2.13. The Morgan fingerprint density at radius 1 is 1.10 bits per heavy atom. The predicted octanol–water partition coefficient (Wildman–Crippen LogP) is 2.71. The number of amides is 2. The summed E-state index contributed by atoms with van der Waals surface area (Å²) in [7, 11) is 0. The van der Waals surface area contributed by atoms with Gasteiger partial charge in [-0.25, -0.2) is 9.59 Å². The van der Waals surface area contributed by atoms with Crippen molar-refractivity contribution in [2.24, 2.45) is 0 Å². The van der Waals surface area contributed by atoms with Crippen LogP contribution in [0.25, 0.3) is 0 Å². The summed E-state index contributed by atoms with van der Waals surface area (Å²) in [5.41, 5.74) is 1.73. The van der Waals surface area contributed by atoms with Gasteiger partial charge in [0.15, 0.2) is 6.61 Å². The minimum atomic E-state index is -0.930. The first-order valence-electron chi connectivity index (χ1n) is 10.0. The number of esters is 2. The van der Waals surface area contributed by atoms with Crippen molar-refractivity contribution in [3.63, 3.8) is 0 Å². The normalized spacial score (nSPS) is 13.1. The zero-order valence-electron chi connectivity index (χ0n) is 17.4. The fourth-order valence-corrected chi connectivity index (χ4v) is 4.56. The highest BCUT2D eigenvalue weighted by atomic mass is 32.1. The number of thiophene rings is 1. The second-order valence-corrected chi connectivity index (χ2v) is 8.10. The van der Waals surface area contributed by atoms with Gasteiger partial charge in [0, 0.05) is 10.4 Å². The summed E-state index contributed by atoms with van der Waals surface area (Å²) in [5.74, 6) is -2.19. The van der Waals surface area contributed by atoms with Crippen molar-refractivity contribution in [1.29, 1.82) is 0 Å². The zero-order valence-corrected chi connectivity index (χ0v) is 18.2. The Bertz CT molecular complexity index is 985. The van der Waals surface area contributed by atoms with E-state index in [9.17, 15) is 19.2 Å². The van der Waals surface area contributed by atoms with E-state index >= 15 is 0 Å². The van der Waals surface area contributed by atoms with E-state index in [2.05, 4.69) is 10.6 Å². The second-order valence-electron chi connectivity index (χ2n) is 7.00. The molecule has 0 bridgehead atoms. The molecule has 0 spiro atoms. The molecule has 2 aromatic rings. The Labute approximate surface area is 183 Å². The molecule has 0 unspecified atom stereocenters. The number of benzene rings is 1. The molecule has 1 atom stereocenters. The zero-order chi connectivity index (χ0) is 22.4. The minimum Gasteiger partial charge on any atom is -0.462 e. The maximum atomic E-state index is 12.4. The third-order valence-corrected chi connectivity index (χ3v) is 5.94. The molecule has 1 aliphatic carbocycles. The number of hydrogen-bond donors (Lipinski definition) is 2. The summed E-state index contributed by atoms with van der Waals surface area (Å²) in [6, 6.07) is 7.53. The molecule has 0 aliphatic heterocycles. The van der Waals surface area contributed by atoms with Crippen molar-refractivity contribution in [2.45, 2.75) is 39.2 Å². The molecule has 2 N–H and O–H groups in total. The molecule has 1 aromatic carbocycles. The highest BCUT2D eigenvalue weighted by Crippen LogP contribution is 2.39. The monoisotopic (exact) mass is 444 g/mol. The maximum absolute atomic E-state index is 12.4. The van der Waals surface area contributed by atoms with Gasteiger partial charge in [0.1, 0.15) is 11.0 Å². The average molecular weight is 445 g/mol. The lowest BCUT2D eigenvalue weighted by molar-refractivity contribution is -0.148. The molecule has 31 heavy (non-hydrogen) atoms. The average Bonchev–Trinajstić information content (AvgIpc) is 3.33. The van der Waals surface area contributed by atoms with Crippen LogP contribution in [0.5, 0.6) is 0 Å². The van der Waals surface area contributed by atoms with Crippen LogP contribution >= 0.6 is 11.3 Å². The fraction of sp³-hybridized carbons (Fsp3) is 0.364. The van der Waals surface area contributed by atoms with E-state index in [1.165, 1.54) is 18.3 Å². The summed E-state index contributed by atoms with van der Waals surface area (Å²) in [4.78, 5) is 50.0. The summed E-state index contributed by atoms with van der Waals surface area (Å²) >= 11 is 1.35. The Kier molecular flexibility index (Phi) is 7.41. The lowest BCUT2D eigenvalue weighted by atomic mass is 10.1. The van der Waals surface area contributed by atoms with Gasteiger partial charge in [0.05, 0.1) is 12.2 Å². The van der Waals surface area contributed by atoms with Gasteiger partial charge in [-0.3, -0.25) is 9.59 Å². The first-order valence-corrected chi connectivity index (χ1v) is 10.9. The Morgan fingerprint density at radius 2 is 1.84 bits per heavy atom. The standard InChI is InChI=1S/C22H24N2O6S/c1-3-29-22(28)18-15-10-7-11-16(15)31-20(18)24-17(25)12-30-21(27)13(2)23-19(26)14-8-5-4-6-9-14/h4-6,8-9,13H,3,7,10-12H2,1-2H3,(H,23,26)(H,24,25)/t13-/m0/s1. The van der Waals surface area contributed by atoms with Gasteiger partial charge in [0.2, 0.25) is 0 Å². The quantitative estimate of drug-likeness (QED) is 0.606. The molecule has 8 nitrogen and oxygen atoms in total. The van der Waals surface area contributed by atoms with Crippen LogP contribution in [0.15, 0.2) is 30.3 Å². The molecule has 1 aliphatic rings. The molecule has 2 amide bonds. The maximum Gasteiger partial charge on any atom is 0.341 e. The minimum absolute atomic E-state index is 0.237.